The number of hydrogen-bond donors (Lipinski definition) is 4. The summed E-state index contributed by atoms with van der Waals surface area (Å²) in [6.07, 6.45) is -1.32. The minimum atomic E-state index is -0.990. The summed E-state index contributed by atoms with van der Waals surface area (Å²) in [6.45, 7) is 0.485. The average molecular weight is 373 g/mol. The van der Waals surface area contributed by atoms with Crippen LogP contribution in [-0.2, 0) is 13.0 Å². The molecule has 4 N–H and O–H groups in total. The summed E-state index contributed by atoms with van der Waals surface area (Å²) in [4.78, 5) is 1.98. The van der Waals surface area contributed by atoms with E-state index in [-0.39, 0.29) is 25.9 Å². The Morgan fingerprint density at radius 3 is 2.11 bits per heavy atom. The Bertz CT molecular complexity index is 693. The van der Waals surface area contributed by atoms with Crippen LogP contribution in [0.25, 0.3) is 0 Å². The van der Waals surface area contributed by atoms with Crippen LogP contribution >= 0.6 is 0 Å². The van der Waals surface area contributed by atoms with E-state index in [1.54, 1.807) is 0 Å². The Labute approximate surface area is 159 Å². The Morgan fingerprint density at radius 2 is 1.48 bits per heavy atom. The average Bonchev–Trinajstić information content (AvgIpc) is 2.92. The van der Waals surface area contributed by atoms with Crippen molar-refractivity contribution in [2.75, 3.05) is 19.8 Å². The van der Waals surface area contributed by atoms with Gasteiger partial charge in [-0.25, -0.2) is 0 Å². The number of ether oxygens (including phenoxy) is 1. The van der Waals surface area contributed by atoms with E-state index in [0.717, 1.165) is 11.1 Å². The molecule has 0 aromatic heterocycles. The van der Waals surface area contributed by atoms with Crippen molar-refractivity contribution in [2.45, 2.75) is 37.3 Å². The lowest BCUT2D eigenvalue weighted by Crippen LogP contribution is -2.41. The van der Waals surface area contributed by atoms with Crippen LogP contribution in [0.1, 0.15) is 11.1 Å². The summed E-state index contributed by atoms with van der Waals surface area (Å²) in [5.74, 6) is 0.675. The lowest BCUT2D eigenvalue weighted by atomic mass is 10.0. The molecule has 1 fully saturated rings. The van der Waals surface area contributed by atoms with Crippen molar-refractivity contribution in [3.63, 3.8) is 0 Å². The lowest BCUT2D eigenvalue weighted by molar-refractivity contribution is 0.0178. The molecule has 6 heteroatoms. The van der Waals surface area contributed by atoms with Crippen molar-refractivity contribution >= 4 is 0 Å². The van der Waals surface area contributed by atoms with Crippen molar-refractivity contribution in [3.8, 4) is 5.75 Å². The van der Waals surface area contributed by atoms with Crippen LogP contribution in [0.2, 0.25) is 0 Å². The van der Waals surface area contributed by atoms with Crippen molar-refractivity contribution in [3.05, 3.63) is 65.7 Å². The monoisotopic (exact) mass is 373 g/mol. The molecule has 0 radical (unpaired) electrons. The molecule has 1 saturated heterocycles. The maximum absolute atomic E-state index is 10.6. The van der Waals surface area contributed by atoms with E-state index in [0.29, 0.717) is 18.7 Å². The molecule has 2 aromatic carbocycles. The molecule has 27 heavy (non-hydrogen) atoms. The van der Waals surface area contributed by atoms with E-state index >= 15 is 0 Å². The standard InChI is InChI=1S/C21H27NO5/c23-10-11-27-17-8-6-16(7-9-17)13-22-18(12-15-4-2-1-3-5-15)20(25)21(26)19(22)14-24/h1-9,18-21,23-26H,10-14H2/t18-,19+,20-,21+/m0/s1. The van der Waals surface area contributed by atoms with E-state index in [4.69, 9.17) is 9.84 Å². The molecule has 0 bridgehead atoms. The molecule has 0 spiro atoms. The van der Waals surface area contributed by atoms with Gasteiger partial charge in [0, 0.05) is 12.6 Å². The van der Waals surface area contributed by atoms with Gasteiger partial charge < -0.3 is 25.2 Å². The van der Waals surface area contributed by atoms with Gasteiger partial charge in [0.15, 0.2) is 0 Å². The fourth-order valence-corrected chi connectivity index (χ4v) is 3.70. The van der Waals surface area contributed by atoms with E-state index in [9.17, 15) is 15.3 Å². The minimum absolute atomic E-state index is 0.0371. The smallest absolute Gasteiger partial charge is 0.119 e. The van der Waals surface area contributed by atoms with Gasteiger partial charge in [-0.3, -0.25) is 4.90 Å². The molecule has 1 aliphatic rings. The zero-order chi connectivity index (χ0) is 19.2. The first-order chi connectivity index (χ1) is 13.1. The molecule has 2 aromatic rings. The topological polar surface area (TPSA) is 93.4 Å². The molecular formula is C21H27NO5. The Balaban J connectivity index is 1.76. The van der Waals surface area contributed by atoms with Gasteiger partial charge >= 0.3 is 0 Å². The maximum atomic E-state index is 10.6. The number of likely N-dealkylation sites (tertiary alicyclic amines) is 1. The van der Waals surface area contributed by atoms with Gasteiger partial charge in [0.05, 0.1) is 31.5 Å². The fraction of sp³-hybridized carbons (Fsp3) is 0.429. The van der Waals surface area contributed by atoms with Crippen LogP contribution in [0, 0.1) is 0 Å². The van der Waals surface area contributed by atoms with Crippen LogP contribution < -0.4 is 4.74 Å². The second-order valence-electron chi connectivity index (χ2n) is 6.88. The fourth-order valence-electron chi connectivity index (χ4n) is 3.70. The third-order valence-corrected chi connectivity index (χ3v) is 5.11. The molecule has 0 amide bonds. The normalized spacial score (nSPS) is 25.6. The third-order valence-electron chi connectivity index (χ3n) is 5.11. The summed E-state index contributed by atoms with van der Waals surface area (Å²) in [7, 11) is 0. The molecule has 0 saturated carbocycles. The van der Waals surface area contributed by atoms with Gasteiger partial charge in [-0.1, -0.05) is 42.5 Å². The van der Waals surface area contributed by atoms with Crippen molar-refractivity contribution in [2.24, 2.45) is 0 Å². The highest BCUT2D eigenvalue weighted by Gasteiger charge is 2.46. The molecular weight excluding hydrogens is 346 g/mol. The molecule has 0 aliphatic carbocycles. The van der Waals surface area contributed by atoms with Gasteiger partial charge in [0.25, 0.3) is 0 Å². The summed E-state index contributed by atoms with van der Waals surface area (Å²) in [5, 5.41) is 39.6. The molecule has 3 rings (SSSR count). The van der Waals surface area contributed by atoms with E-state index in [1.807, 2.05) is 59.5 Å². The maximum Gasteiger partial charge on any atom is 0.119 e. The van der Waals surface area contributed by atoms with Crippen molar-refractivity contribution in [1.29, 1.82) is 0 Å². The zero-order valence-electron chi connectivity index (χ0n) is 15.2. The third kappa shape index (κ3) is 4.66. The first-order valence-electron chi connectivity index (χ1n) is 9.23. The van der Waals surface area contributed by atoms with Crippen LogP contribution in [0.5, 0.6) is 5.75 Å². The highest BCUT2D eigenvalue weighted by atomic mass is 16.5. The Kier molecular flexibility index (Phi) is 6.82. The molecule has 4 atom stereocenters. The molecule has 1 aliphatic heterocycles. The van der Waals surface area contributed by atoms with Gasteiger partial charge in [0.1, 0.15) is 12.4 Å². The summed E-state index contributed by atoms with van der Waals surface area (Å²) >= 11 is 0. The number of rotatable bonds is 8. The number of benzene rings is 2. The summed E-state index contributed by atoms with van der Waals surface area (Å²) in [6, 6.07) is 16.5. The van der Waals surface area contributed by atoms with Gasteiger partial charge in [0.2, 0.25) is 0 Å². The number of aliphatic hydroxyl groups excluding tert-OH is 4. The van der Waals surface area contributed by atoms with Crippen LogP contribution in [0.15, 0.2) is 54.6 Å². The first-order valence-corrected chi connectivity index (χ1v) is 9.23. The lowest BCUT2D eigenvalue weighted by Gasteiger charge is -2.30. The van der Waals surface area contributed by atoms with E-state index < -0.39 is 18.2 Å². The van der Waals surface area contributed by atoms with Crippen LogP contribution in [-0.4, -0.2) is 69.4 Å². The zero-order valence-corrected chi connectivity index (χ0v) is 15.2. The highest BCUT2D eigenvalue weighted by molar-refractivity contribution is 5.28. The predicted octanol–water partition coefficient (Wildman–Crippen LogP) is 0.567. The largest absolute Gasteiger partial charge is 0.491 e. The molecule has 146 valence electrons. The quantitative estimate of drug-likeness (QED) is 0.541. The number of hydrogen-bond acceptors (Lipinski definition) is 6. The van der Waals surface area contributed by atoms with E-state index in [2.05, 4.69) is 0 Å². The number of aliphatic hydroxyl groups is 4. The van der Waals surface area contributed by atoms with E-state index in [1.165, 1.54) is 0 Å². The SMILES string of the molecule is OCCOc1ccc(CN2[C@H](CO)[C@@H](O)[C@@H](O)[C@@H]2Cc2ccccc2)cc1. The molecule has 1 heterocycles. The van der Waals surface area contributed by atoms with Gasteiger partial charge in [-0.2, -0.15) is 0 Å². The number of nitrogens with zero attached hydrogens (tertiary/aromatic N) is 1. The highest BCUT2D eigenvalue weighted by Crippen LogP contribution is 2.30. The predicted molar refractivity (Wildman–Crippen MR) is 101 cm³/mol. The molecule has 0 unspecified atom stereocenters. The Hall–Kier alpha value is -1.96. The second-order valence-corrected chi connectivity index (χ2v) is 6.88. The Morgan fingerprint density at radius 1 is 0.815 bits per heavy atom. The second kappa shape index (κ2) is 9.30. The van der Waals surface area contributed by atoms with Gasteiger partial charge in [-0.05, 0) is 29.7 Å². The first kappa shape index (κ1) is 19.8. The molecule has 6 nitrogen and oxygen atoms in total. The van der Waals surface area contributed by atoms with Crippen LogP contribution in [0.4, 0.5) is 0 Å². The summed E-state index contributed by atoms with van der Waals surface area (Å²) < 4.78 is 5.37. The minimum Gasteiger partial charge on any atom is -0.491 e. The summed E-state index contributed by atoms with van der Waals surface area (Å²) in [5.41, 5.74) is 2.06. The van der Waals surface area contributed by atoms with Gasteiger partial charge in [-0.15, -0.1) is 0 Å². The van der Waals surface area contributed by atoms with Crippen LogP contribution in [0.3, 0.4) is 0 Å². The van der Waals surface area contributed by atoms with Crippen molar-refractivity contribution < 1.29 is 25.2 Å². The van der Waals surface area contributed by atoms with Crippen molar-refractivity contribution in [1.82, 2.24) is 4.90 Å².